The first kappa shape index (κ1) is 21.0. The van der Waals surface area contributed by atoms with Crippen LogP contribution in [0.4, 0.5) is 0 Å². The number of ether oxygens (including phenoxy) is 1. The number of aromatic nitrogens is 1. The molecule has 2 N–H and O–H groups in total. The number of aromatic amines is 1. The number of thiocarbonyl (C=S) groups is 1. The number of aryl methyl sites for hydroxylation is 1. The van der Waals surface area contributed by atoms with Gasteiger partial charge in [0.15, 0.2) is 5.11 Å². The highest BCUT2D eigenvalue weighted by Gasteiger charge is 2.16. The fourth-order valence-electron chi connectivity index (χ4n) is 3.31. The van der Waals surface area contributed by atoms with E-state index in [-0.39, 0.29) is 5.56 Å². The second-order valence-electron chi connectivity index (χ2n) is 7.02. The zero-order valence-electron chi connectivity index (χ0n) is 16.4. The highest BCUT2D eigenvalue weighted by molar-refractivity contribution is 7.80. The molecule has 1 aliphatic heterocycles. The van der Waals surface area contributed by atoms with Gasteiger partial charge in [0.05, 0.1) is 19.8 Å². The second-order valence-corrected chi connectivity index (χ2v) is 7.82. The summed E-state index contributed by atoms with van der Waals surface area (Å²) in [6.07, 6.45) is 0. The van der Waals surface area contributed by atoms with Crippen molar-refractivity contribution in [1.82, 2.24) is 20.1 Å². The number of morpholine rings is 1. The molecule has 3 rings (SSSR count). The molecule has 0 atom stereocenters. The first-order chi connectivity index (χ1) is 13.5. The summed E-state index contributed by atoms with van der Waals surface area (Å²) in [4.78, 5) is 20.0. The number of rotatable bonds is 6. The van der Waals surface area contributed by atoms with E-state index >= 15 is 0 Å². The number of pyridine rings is 1. The lowest BCUT2D eigenvalue weighted by Gasteiger charge is -2.31. The number of nitrogens with one attached hydrogen (secondary N) is 2. The van der Waals surface area contributed by atoms with Crippen LogP contribution in [0, 0.1) is 6.92 Å². The summed E-state index contributed by atoms with van der Waals surface area (Å²) in [6.45, 7) is 10.2. The smallest absolute Gasteiger partial charge is 0.253 e. The van der Waals surface area contributed by atoms with Crippen LogP contribution in [0.25, 0.3) is 10.9 Å². The number of halogens is 1. The third-order valence-electron chi connectivity index (χ3n) is 4.97. The van der Waals surface area contributed by atoms with E-state index < -0.39 is 0 Å². The molecule has 0 spiro atoms. The molecular weight excluding hydrogens is 396 g/mol. The van der Waals surface area contributed by atoms with E-state index in [1.54, 1.807) is 6.07 Å². The minimum atomic E-state index is -0.108. The Morgan fingerprint density at radius 3 is 2.82 bits per heavy atom. The van der Waals surface area contributed by atoms with Gasteiger partial charge in [-0.3, -0.25) is 9.69 Å². The lowest BCUT2D eigenvalue weighted by atomic mass is 10.1. The number of H-pyrrole nitrogens is 1. The summed E-state index contributed by atoms with van der Waals surface area (Å²) < 4.78 is 5.41. The Kier molecular flexibility index (Phi) is 7.29. The number of hydrogen-bond acceptors (Lipinski definition) is 4. The molecule has 1 fully saturated rings. The highest BCUT2D eigenvalue weighted by atomic mass is 35.5. The molecule has 0 amide bonds. The van der Waals surface area contributed by atoms with Gasteiger partial charge < -0.3 is 19.9 Å². The van der Waals surface area contributed by atoms with E-state index in [1.165, 1.54) is 0 Å². The van der Waals surface area contributed by atoms with Gasteiger partial charge in [0, 0.05) is 48.8 Å². The Morgan fingerprint density at radius 1 is 1.36 bits per heavy atom. The SMILES string of the molecule is CCNC(=S)N(CCN1CCOCC1)Cc1cc2cc(C)c(Cl)cc2[nH]c1=O. The van der Waals surface area contributed by atoms with Gasteiger partial charge >= 0.3 is 0 Å². The van der Waals surface area contributed by atoms with Gasteiger partial charge in [-0.25, -0.2) is 0 Å². The molecule has 1 aromatic heterocycles. The van der Waals surface area contributed by atoms with Crippen molar-refractivity contribution in [2.45, 2.75) is 20.4 Å². The Morgan fingerprint density at radius 2 is 2.11 bits per heavy atom. The third kappa shape index (κ3) is 5.23. The fourth-order valence-corrected chi connectivity index (χ4v) is 3.78. The summed E-state index contributed by atoms with van der Waals surface area (Å²) in [6, 6.07) is 5.74. The molecule has 28 heavy (non-hydrogen) atoms. The van der Waals surface area contributed by atoms with E-state index in [4.69, 9.17) is 28.6 Å². The maximum absolute atomic E-state index is 12.6. The van der Waals surface area contributed by atoms with Crippen LogP contribution in [0.1, 0.15) is 18.1 Å². The molecule has 1 aliphatic rings. The molecule has 8 heteroatoms. The van der Waals surface area contributed by atoms with Crippen LogP contribution in [0.15, 0.2) is 23.0 Å². The van der Waals surface area contributed by atoms with E-state index in [0.29, 0.717) is 22.2 Å². The van der Waals surface area contributed by atoms with Gasteiger partial charge in [0.2, 0.25) is 0 Å². The van der Waals surface area contributed by atoms with Crippen molar-refractivity contribution in [3.05, 3.63) is 44.7 Å². The standard InChI is InChI=1S/C20H27ClN4O2S/c1-3-22-20(28)25(5-4-24-6-8-27-9-7-24)13-16-11-15-10-14(2)17(21)12-18(15)23-19(16)26/h10-12H,3-9,13H2,1-2H3,(H,22,28)(H,23,26). The average Bonchev–Trinajstić information content (AvgIpc) is 2.68. The van der Waals surface area contributed by atoms with Crippen LogP contribution in [-0.2, 0) is 11.3 Å². The van der Waals surface area contributed by atoms with Crippen molar-refractivity contribution in [3.8, 4) is 0 Å². The van der Waals surface area contributed by atoms with Crippen molar-refractivity contribution in [2.75, 3.05) is 45.9 Å². The quantitative estimate of drug-likeness (QED) is 0.697. The molecule has 0 bridgehead atoms. The van der Waals surface area contributed by atoms with E-state index in [9.17, 15) is 4.79 Å². The summed E-state index contributed by atoms with van der Waals surface area (Å²) >= 11 is 11.7. The fraction of sp³-hybridized carbons (Fsp3) is 0.500. The molecule has 152 valence electrons. The molecule has 0 radical (unpaired) electrons. The average molecular weight is 423 g/mol. The van der Waals surface area contributed by atoms with Gasteiger partial charge in [-0.2, -0.15) is 0 Å². The van der Waals surface area contributed by atoms with Crippen LogP contribution in [0.3, 0.4) is 0 Å². The van der Waals surface area contributed by atoms with Gasteiger partial charge in [-0.1, -0.05) is 11.6 Å². The molecule has 6 nitrogen and oxygen atoms in total. The van der Waals surface area contributed by atoms with Gasteiger partial charge in [0.1, 0.15) is 0 Å². The third-order valence-corrected chi connectivity index (χ3v) is 5.78. The lowest BCUT2D eigenvalue weighted by Crippen LogP contribution is -2.46. The van der Waals surface area contributed by atoms with Gasteiger partial charge in [-0.15, -0.1) is 0 Å². The van der Waals surface area contributed by atoms with Crippen molar-refractivity contribution in [1.29, 1.82) is 0 Å². The van der Waals surface area contributed by atoms with Crippen molar-refractivity contribution >= 4 is 39.8 Å². The topological polar surface area (TPSA) is 60.6 Å². The summed E-state index contributed by atoms with van der Waals surface area (Å²) in [5, 5.41) is 5.50. The minimum absolute atomic E-state index is 0.108. The van der Waals surface area contributed by atoms with E-state index in [2.05, 4.69) is 20.1 Å². The first-order valence-electron chi connectivity index (χ1n) is 9.63. The monoisotopic (exact) mass is 422 g/mol. The predicted octanol–water partition coefficient (Wildman–Crippen LogP) is 2.52. The summed E-state index contributed by atoms with van der Waals surface area (Å²) in [5.41, 5.74) is 2.32. The normalized spacial score (nSPS) is 15.0. The van der Waals surface area contributed by atoms with Crippen LogP contribution in [0.2, 0.25) is 5.02 Å². The zero-order valence-corrected chi connectivity index (χ0v) is 18.0. The number of nitrogens with zero attached hydrogens (tertiary/aromatic N) is 2. The number of fused-ring (bicyclic) bond motifs is 1. The lowest BCUT2D eigenvalue weighted by molar-refractivity contribution is 0.0357. The van der Waals surface area contributed by atoms with Crippen molar-refractivity contribution < 1.29 is 4.74 Å². The maximum Gasteiger partial charge on any atom is 0.253 e. The molecular formula is C20H27ClN4O2S. The Labute approximate surface area is 175 Å². The number of hydrogen-bond donors (Lipinski definition) is 2. The summed E-state index contributed by atoms with van der Waals surface area (Å²) in [7, 11) is 0. The van der Waals surface area contributed by atoms with Gasteiger partial charge in [0.25, 0.3) is 5.56 Å². The molecule has 2 aromatic rings. The molecule has 0 saturated carbocycles. The van der Waals surface area contributed by atoms with Crippen molar-refractivity contribution in [3.63, 3.8) is 0 Å². The van der Waals surface area contributed by atoms with Crippen molar-refractivity contribution in [2.24, 2.45) is 0 Å². The second kappa shape index (κ2) is 9.69. The summed E-state index contributed by atoms with van der Waals surface area (Å²) in [5.74, 6) is 0. The first-order valence-corrected chi connectivity index (χ1v) is 10.4. The molecule has 1 aromatic carbocycles. The Balaban J connectivity index is 1.80. The minimum Gasteiger partial charge on any atom is -0.379 e. The number of benzene rings is 1. The van der Waals surface area contributed by atoms with Gasteiger partial charge in [-0.05, 0) is 55.2 Å². The Bertz CT molecular complexity index is 896. The van der Waals surface area contributed by atoms with E-state index in [0.717, 1.165) is 62.4 Å². The highest BCUT2D eigenvalue weighted by Crippen LogP contribution is 2.22. The largest absolute Gasteiger partial charge is 0.379 e. The molecule has 1 saturated heterocycles. The zero-order chi connectivity index (χ0) is 20.1. The van der Waals surface area contributed by atoms with Crippen LogP contribution < -0.4 is 10.9 Å². The molecule has 0 aliphatic carbocycles. The van der Waals surface area contributed by atoms with Crippen LogP contribution >= 0.6 is 23.8 Å². The predicted molar refractivity (Wildman–Crippen MR) is 118 cm³/mol. The van der Waals surface area contributed by atoms with Crippen LogP contribution in [-0.4, -0.2) is 65.8 Å². The molecule has 0 unspecified atom stereocenters. The molecule has 2 heterocycles. The van der Waals surface area contributed by atoms with Crippen LogP contribution in [0.5, 0.6) is 0 Å². The van der Waals surface area contributed by atoms with E-state index in [1.807, 2.05) is 26.0 Å². The Hall–Kier alpha value is -1.67. The maximum atomic E-state index is 12.6.